The third-order valence-corrected chi connectivity index (χ3v) is 4.02. The topological polar surface area (TPSA) is 74.3 Å². The zero-order valence-corrected chi connectivity index (χ0v) is 12.2. The fraction of sp³-hybridized carbons (Fsp3) is 0.400. The summed E-state index contributed by atoms with van der Waals surface area (Å²) in [5, 5.41) is 4.25. The smallest absolute Gasteiger partial charge is 0.161 e. The Morgan fingerprint density at radius 1 is 1.48 bits per heavy atom. The predicted octanol–water partition coefficient (Wildman–Crippen LogP) is 1.18. The number of hydrogen-bond acceptors (Lipinski definition) is 5. The molecule has 21 heavy (non-hydrogen) atoms. The van der Waals surface area contributed by atoms with Gasteiger partial charge in [0.1, 0.15) is 5.75 Å². The van der Waals surface area contributed by atoms with Gasteiger partial charge in [-0.25, -0.2) is 0 Å². The van der Waals surface area contributed by atoms with Crippen molar-refractivity contribution in [2.75, 3.05) is 13.7 Å². The van der Waals surface area contributed by atoms with Gasteiger partial charge < -0.3 is 9.47 Å². The first-order valence-corrected chi connectivity index (χ1v) is 6.97. The van der Waals surface area contributed by atoms with Gasteiger partial charge in [0.15, 0.2) is 5.75 Å². The molecule has 0 fully saturated rings. The Morgan fingerprint density at radius 2 is 2.29 bits per heavy atom. The number of para-hydroxylation sites is 1. The molecule has 3 rings (SSSR count). The molecule has 1 aliphatic heterocycles. The summed E-state index contributed by atoms with van der Waals surface area (Å²) >= 11 is 0. The van der Waals surface area contributed by atoms with Crippen LogP contribution in [0.5, 0.6) is 11.5 Å². The van der Waals surface area contributed by atoms with E-state index in [2.05, 4.69) is 16.6 Å². The molecule has 3 N–H and O–H groups in total. The molecule has 1 aromatic carbocycles. The fourth-order valence-corrected chi connectivity index (χ4v) is 2.94. The van der Waals surface area contributed by atoms with Gasteiger partial charge in [0, 0.05) is 13.0 Å². The molecule has 6 nitrogen and oxygen atoms in total. The second-order valence-electron chi connectivity index (χ2n) is 5.25. The number of nitrogens with one attached hydrogen (secondary N) is 1. The second-order valence-corrected chi connectivity index (χ2v) is 5.25. The third kappa shape index (κ3) is 2.48. The Balaban J connectivity index is 1.90. The number of hydrazine groups is 1. The van der Waals surface area contributed by atoms with Crippen molar-refractivity contribution >= 4 is 0 Å². The van der Waals surface area contributed by atoms with E-state index in [1.165, 1.54) is 5.56 Å². The summed E-state index contributed by atoms with van der Waals surface area (Å²) in [7, 11) is 3.53. The van der Waals surface area contributed by atoms with Crippen LogP contribution < -0.4 is 20.7 Å². The molecule has 112 valence electrons. The number of rotatable bonds is 4. The van der Waals surface area contributed by atoms with Crippen LogP contribution >= 0.6 is 0 Å². The molecule has 2 heterocycles. The molecule has 0 radical (unpaired) electrons. The molecule has 1 aromatic heterocycles. The molecular weight excluding hydrogens is 268 g/mol. The molecule has 2 atom stereocenters. The zero-order valence-electron chi connectivity index (χ0n) is 12.2. The maximum absolute atomic E-state index is 5.86. The van der Waals surface area contributed by atoms with E-state index in [1.54, 1.807) is 18.0 Å². The van der Waals surface area contributed by atoms with Gasteiger partial charge >= 0.3 is 0 Å². The third-order valence-electron chi connectivity index (χ3n) is 4.02. The van der Waals surface area contributed by atoms with Crippen LogP contribution in [0.2, 0.25) is 0 Å². The van der Waals surface area contributed by atoms with Crippen molar-refractivity contribution in [2.45, 2.75) is 12.5 Å². The van der Waals surface area contributed by atoms with Crippen molar-refractivity contribution in [1.82, 2.24) is 15.2 Å². The molecule has 0 saturated carbocycles. The average Bonchev–Trinajstić information content (AvgIpc) is 2.89. The van der Waals surface area contributed by atoms with E-state index in [9.17, 15) is 0 Å². The monoisotopic (exact) mass is 288 g/mol. The average molecular weight is 288 g/mol. The number of nitrogens with zero attached hydrogens (tertiary/aromatic N) is 2. The van der Waals surface area contributed by atoms with Gasteiger partial charge in [-0.2, -0.15) is 5.10 Å². The van der Waals surface area contributed by atoms with Gasteiger partial charge in [-0.1, -0.05) is 18.2 Å². The molecule has 0 saturated heterocycles. The highest BCUT2D eigenvalue weighted by Crippen LogP contribution is 2.35. The molecule has 0 bridgehead atoms. The Morgan fingerprint density at radius 3 is 3.05 bits per heavy atom. The molecule has 0 spiro atoms. The summed E-state index contributed by atoms with van der Waals surface area (Å²) in [5.74, 6) is 7.72. The van der Waals surface area contributed by atoms with E-state index >= 15 is 0 Å². The minimum Gasteiger partial charge on any atom is -0.493 e. The molecule has 0 aliphatic carbocycles. The highest BCUT2D eigenvalue weighted by atomic mass is 16.5. The molecule has 6 heteroatoms. The number of ether oxygens (including phenoxy) is 2. The van der Waals surface area contributed by atoms with Crippen LogP contribution in [-0.2, 0) is 13.5 Å². The van der Waals surface area contributed by atoms with Crippen molar-refractivity contribution in [3.05, 3.63) is 41.7 Å². The van der Waals surface area contributed by atoms with Gasteiger partial charge in [-0.3, -0.25) is 16.0 Å². The first-order chi connectivity index (χ1) is 10.2. The number of aryl methyl sites for hydroxylation is 1. The highest BCUT2D eigenvalue weighted by Gasteiger charge is 2.31. The van der Waals surface area contributed by atoms with Crippen molar-refractivity contribution in [3.8, 4) is 11.5 Å². The van der Waals surface area contributed by atoms with Gasteiger partial charge in [0.05, 0.1) is 31.6 Å². The summed E-state index contributed by atoms with van der Waals surface area (Å²) in [6, 6.07) is 8.03. The maximum Gasteiger partial charge on any atom is 0.161 e. The molecule has 2 unspecified atom stereocenters. The number of aromatic nitrogens is 2. The highest BCUT2D eigenvalue weighted by molar-refractivity contribution is 5.36. The Hall–Kier alpha value is -2.05. The normalized spacial score (nSPS) is 18.7. The van der Waals surface area contributed by atoms with E-state index < -0.39 is 0 Å². The molecular formula is C15H20N4O2. The van der Waals surface area contributed by atoms with Gasteiger partial charge in [-0.05, 0) is 18.1 Å². The summed E-state index contributed by atoms with van der Waals surface area (Å²) in [4.78, 5) is 0. The summed E-state index contributed by atoms with van der Waals surface area (Å²) < 4.78 is 13.0. The summed E-state index contributed by atoms with van der Waals surface area (Å²) in [6.45, 7) is 0.611. The lowest BCUT2D eigenvalue weighted by molar-refractivity contribution is 0.179. The first kappa shape index (κ1) is 13.9. The molecule has 1 aliphatic rings. The van der Waals surface area contributed by atoms with E-state index in [4.69, 9.17) is 15.3 Å². The van der Waals surface area contributed by atoms with Crippen LogP contribution in [0, 0.1) is 5.92 Å². The van der Waals surface area contributed by atoms with Crippen LogP contribution in [0.3, 0.4) is 0 Å². The quantitative estimate of drug-likeness (QED) is 0.653. The first-order valence-electron chi connectivity index (χ1n) is 6.97. The van der Waals surface area contributed by atoms with Crippen molar-refractivity contribution in [3.63, 3.8) is 0 Å². The number of nitrogens with two attached hydrogens (primary N) is 1. The Bertz CT molecular complexity index is 626. The fourth-order valence-electron chi connectivity index (χ4n) is 2.94. The summed E-state index contributed by atoms with van der Waals surface area (Å²) in [5.41, 5.74) is 5.04. The maximum atomic E-state index is 5.86. The van der Waals surface area contributed by atoms with Crippen LogP contribution in [-0.4, -0.2) is 23.5 Å². The van der Waals surface area contributed by atoms with E-state index in [1.807, 2.05) is 25.2 Å². The van der Waals surface area contributed by atoms with E-state index in [0.717, 1.165) is 23.6 Å². The second kappa shape index (κ2) is 5.75. The SMILES string of the molecule is COc1cnn(C)c1C(NN)C1COc2ccccc2C1. The van der Waals surface area contributed by atoms with Gasteiger partial charge in [0.2, 0.25) is 0 Å². The Kier molecular flexibility index (Phi) is 3.81. The molecule has 0 amide bonds. The number of hydrogen-bond donors (Lipinski definition) is 2. The van der Waals surface area contributed by atoms with Crippen LogP contribution in [0.4, 0.5) is 0 Å². The van der Waals surface area contributed by atoms with E-state index in [-0.39, 0.29) is 12.0 Å². The van der Waals surface area contributed by atoms with Crippen molar-refractivity contribution < 1.29 is 9.47 Å². The minimum absolute atomic E-state index is 0.0826. The number of fused-ring (bicyclic) bond motifs is 1. The predicted molar refractivity (Wildman–Crippen MR) is 79.0 cm³/mol. The van der Waals surface area contributed by atoms with Crippen LogP contribution in [0.15, 0.2) is 30.5 Å². The van der Waals surface area contributed by atoms with Crippen LogP contribution in [0.25, 0.3) is 0 Å². The zero-order chi connectivity index (χ0) is 14.8. The Labute approximate surface area is 123 Å². The lowest BCUT2D eigenvalue weighted by Crippen LogP contribution is -2.39. The van der Waals surface area contributed by atoms with Crippen LogP contribution in [0.1, 0.15) is 17.3 Å². The lowest BCUT2D eigenvalue weighted by Gasteiger charge is -2.31. The minimum atomic E-state index is -0.0826. The standard InChI is InChI=1S/C15H20N4O2/c1-19-15(13(20-2)8-17-19)14(18-16)11-7-10-5-3-4-6-12(10)21-9-11/h3-6,8,11,14,18H,7,9,16H2,1-2H3. The number of benzene rings is 1. The lowest BCUT2D eigenvalue weighted by atomic mass is 9.88. The van der Waals surface area contributed by atoms with Crippen molar-refractivity contribution in [2.24, 2.45) is 18.8 Å². The van der Waals surface area contributed by atoms with Gasteiger partial charge in [-0.15, -0.1) is 0 Å². The van der Waals surface area contributed by atoms with Crippen molar-refractivity contribution in [1.29, 1.82) is 0 Å². The summed E-state index contributed by atoms with van der Waals surface area (Å²) in [6.07, 6.45) is 2.61. The number of methoxy groups -OCH3 is 1. The van der Waals surface area contributed by atoms with E-state index in [0.29, 0.717) is 6.61 Å². The molecule has 2 aromatic rings. The largest absolute Gasteiger partial charge is 0.493 e. The van der Waals surface area contributed by atoms with Gasteiger partial charge in [0.25, 0.3) is 0 Å².